The Labute approximate surface area is 177 Å². The fourth-order valence-corrected chi connectivity index (χ4v) is 4.33. The number of hydrogen-bond acceptors (Lipinski definition) is 6. The van der Waals surface area contributed by atoms with Crippen LogP contribution in [0.5, 0.6) is 5.75 Å². The first kappa shape index (κ1) is 20.9. The summed E-state index contributed by atoms with van der Waals surface area (Å²) in [5.41, 5.74) is 8.68. The number of aryl methyl sites for hydroxylation is 1. The Balaban J connectivity index is 1.26. The molecule has 2 fully saturated rings. The molecular formula is C23H31N3O4. The van der Waals surface area contributed by atoms with E-state index in [1.165, 1.54) is 0 Å². The van der Waals surface area contributed by atoms with E-state index in [9.17, 15) is 4.79 Å². The summed E-state index contributed by atoms with van der Waals surface area (Å²) in [6.45, 7) is 3.50. The van der Waals surface area contributed by atoms with Crippen molar-refractivity contribution in [1.29, 1.82) is 0 Å². The Morgan fingerprint density at radius 3 is 2.70 bits per heavy atom. The third kappa shape index (κ3) is 5.21. The summed E-state index contributed by atoms with van der Waals surface area (Å²) >= 11 is 0. The molecule has 162 valence electrons. The zero-order chi connectivity index (χ0) is 20.9. The first-order chi connectivity index (χ1) is 14.6. The number of aromatic nitrogens is 1. The van der Waals surface area contributed by atoms with Gasteiger partial charge in [0.2, 0.25) is 5.91 Å². The molecule has 1 aromatic heterocycles. The molecule has 1 aliphatic carbocycles. The standard InChI is InChI=1S/C23H31N3O4/c1-15-13-19(24)23-20(25-15)3-2-4-21(23)30-18-7-5-16(6-8-18)26-22(27)14-29-17-9-11-28-12-10-17/h2-4,13,16-18H,5-12,14H2,1H3,(H2,24,25)(H,26,27). The predicted octanol–water partition coefficient (Wildman–Crippen LogP) is 3.13. The van der Waals surface area contributed by atoms with E-state index in [1.54, 1.807) is 0 Å². The van der Waals surface area contributed by atoms with Gasteiger partial charge in [0.25, 0.3) is 0 Å². The second-order valence-electron chi connectivity index (χ2n) is 8.28. The van der Waals surface area contributed by atoms with Crippen LogP contribution in [0.3, 0.4) is 0 Å². The maximum Gasteiger partial charge on any atom is 0.246 e. The highest BCUT2D eigenvalue weighted by Crippen LogP contribution is 2.33. The van der Waals surface area contributed by atoms with Crippen LogP contribution in [0, 0.1) is 6.92 Å². The van der Waals surface area contributed by atoms with E-state index in [4.69, 9.17) is 19.9 Å². The van der Waals surface area contributed by atoms with Gasteiger partial charge in [0.1, 0.15) is 12.4 Å². The lowest BCUT2D eigenvalue weighted by Crippen LogP contribution is -2.42. The smallest absolute Gasteiger partial charge is 0.246 e. The number of carbonyl (C=O) groups is 1. The molecule has 0 unspecified atom stereocenters. The normalized spacial score (nSPS) is 22.7. The molecule has 1 aliphatic heterocycles. The van der Waals surface area contributed by atoms with Gasteiger partial charge in [0.05, 0.1) is 23.1 Å². The van der Waals surface area contributed by atoms with Crippen molar-refractivity contribution < 1.29 is 19.0 Å². The number of nitrogens with zero attached hydrogens (tertiary/aromatic N) is 1. The van der Waals surface area contributed by atoms with E-state index in [0.29, 0.717) is 18.9 Å². The molecule has 7 nitrogen and oxygen atoms in total. The number of ether oxygens (including phenoxy) is 3. The van der Waals surface area contributed by atoms with Gasteiger partial charge < -0.3 is 25.3 Å². The Kier molecular flexibility index (Phi) is 6.69. The monoisotopic (exact) mass is 413 g/mol. The zero-order valence-corrected chi connectivity index (χ0v) is 17.6. The number of amides is 1. The highest BCUT2D eigenvalue weighted by molar-refractivity contribution is 5.95. The molecule has 1 amide bonds. The highest BCUT2D eigenvalue weighted by atomic mass is 16.5. The van der Waals surface area contributed by atoms with Gasteiger partial charge in [-0.05, 0) is 63.6 Å². The molecule has 1 saturated heterocycles. The summed E-state index contributed by atoms with van der Waals surface area (Å²) in [4.78, 5) is 16.8. The predicted molar refractivity (Wildman–Crippen MR) is 116 cm³/mol. The minimum atomic E-state index is -0.0332. The third-order valence-corrected chi connectivity index (χ3v) is 5.91. The zero-order valence-electron chi connectivity index (χ0n) is 17.6. The lowest BCUT2D eigenvalue weighted by atomic mass is 9.93. The van der Waals surface area contributed by atoms with E-state index >= 15 is 0 Å². The van der Waals surface area contributed by atoms with Crippen LogP contribution in [-0.2, 0) is 14.3 Å². The highest BCUT2D eigenvalue weighted by Gasteiger charge is 2.25. The van der Waals surface area contributed by atoms with Crippen molar-refractivity contribution in [3.63, 3.8) is 0 Å². The molecule has 30 heavy (non-hydrogen) atoms. The number of hydrogen-bond donors (Lipinski definition) is 2. The fraction of sp³-hybridized carbons (Fsp3) is 0.565. The maximum atomic E-state index is 12.2. The van der Waals surface area contributed by atoms with E-state index in [1.807, 2.05) is 31.2 Å². The summed E-state index contributed by atoms with van der Waals surface area (Å²) in [7, 11) is 0. The first-order valence-corrected chi connectivity index (χ1v) is 10.9. The lowest BCUT2D eigenvalue weighted by molar-refractivity contribution is -0.130. The van der Waals surface area contributed by atoms with Gasteiger partial charge in [0.15, 0.2) is 0 Å². The molecule has 3 N–H and O–H groups in total. The van der Waals surface area contributed by atoms with Crippen molar-refractivity contribution in [2.45, 2.75) is 63.7 Å². The molecule has 1 aromatic carbocycles. The van der Waals surface area contributed by atoms with Crippen LogP contribution in [0.1, 0.15) is 44.2 Å². The van der Waals surface area contributed by atoms with E-state index in [-0.39, 0.29) is 30.8 Å². The molecule has 2 aliphatic rings. The van der Waals surface area contributed by atoms with Crippen molar-refractivity contribution >= 4 is 22.5 Å². The molecule has 2 aromatic rings. The molecule has 0 atom stereocenters. The summed E-state index contributed by atoms with van der Waals surface area (Å²) < 4.78 is 17.3. The number of anilines is 1. The second kappa shape index (κ2) is 9.62. The largest absolute Gasteiger partial charge is 0.490 e. The Hall–Kier alpha value is -2.38. The van der Waals surface area contributed by atoms with E-state index in [0.717, 1.165) is 60.9 Å². The summed E-state index contributed by atoms with van der Waals surface area (Å²) in [6.07, 6.45) is 5.55. The lowest BCUT2D eigenvalue weighted by Gasteiger charge is -2.30. The molecule has 2 heterocycles. The summed E-state index contributed by atoms with van der Waals surface area (Å²) in [5, 5.41) is 3.99. The summed E-state index contributed by atoms with van der Waals surface area (Å²) in [6, 6.07) is 7.92. The van der Waals surface area contributed by atoms with Gasteiger partial charge in [-0.2, -0.15) is 0 Å². The van der Waals surface area contributed by atoms with Gasteiger partial charge >= 0.3 is 0 Å². The van der Waals surface area contributed by atoms with Crippen molar-refractivity contribution in [3.05, 3.63) is 30.0 Å². The van der Waals surface area contributed by atoms with E-state index in [2.05, 4.69) is 10.3 Å². The van der Waals surface area contributed by atoms with Crippen LogP contribution in [0.4, 0.5) is 5.69 Å². The van der Waals surface area contributed by atoms with Crippen molar-refractivity contribution in [2.24, 2.45) is 0 Å². The van der Waals surface area contributed by atoms with Crippen LogP contribution >= 0.6 is 0 Å². The number of rotatable bonds is 6. The van der Waals surface area contributed by atoms with Gasteiger partial charge in [-0.25, -0.2) is 0 Å². The van der Waals surface area contributed by atoms with Gasteiger partial charge in [0, 0.05) is 30.6 Å². The van der Waals surface area contributed by atoms with Crippen molar-refractivity contribution in [3.8, 4) is 5.75 Å². The Bertz CT molecular complexity index is 874. The first-order valence-electron chi connectivity index (χ1n) is 10.9. The molecule has 1 saturated carbocycles. The number of fused-ring (bicyclic) bond motifs is 1. The topological polar surface area (TPSA) is 95.7 Å². The molecule has 4 rings (SSSR count). The average molecular weight is 414 g/mol. The second-order valence-corrected chi connectivity index (χ2v) is 8.28. The third-order valence-electron chi connectivity index (χ3n) is 5.91. The van der Waals surface area contributed by atoms with Crippen LogP contribution < -0.4 is 15.8 Å². The summed E-state index contributed by atoms with van der Waals surface area (Å²) in [5.74, 6) is 0.754. The Morgan fingerprint density at radius 2 is 1.93 bits per heavy atom. The molecule has 0 bridgehead atoms. The number of nitrogens with one attached hydrogen (secondary N) is 1. The van der Waals surface area contributed by atoms with Gasteiger partial charge in [-0.15, -0.1) is 0 Å². The molecule has 7 heteroatoms. The SMILES string of the molecule is Cc1cc(N)c2c(OC3CCC(NC(=O)COC4CCOCC4)CC3)cccc2n1. The number of pyridine rings is 1. The number of benzene rings is 1. The van der Waals surface area contributed by atoms with Gasteiger partial charge in [-0.1, -0.05) is 6.07 Å². The molecule has 0 radical (unpaired) electrons. The van der Waals surface area contributed by atoms with E-state index < -0.39 is 0 Å². The molecular weight excluding hydrogens is 382 g/mol. The van der Waals surface area contributed by atoms with Crippen LogP contribution in [0.2, 0.25) is 0 Å². The Morgan fingerprint density at radius 1 is 1.17 bits per heavy atom. The number of nitrogen functional groups attached to an aromatic ring is 1. The quantitative estimate of drug-likeness (QED) is 0.755. The minimum absolute atomic E-state index is 0.0332. The number of nitrogens with two attached hydrogens (primary N) is 1. The molecule has 0 spiro atoms. The minimum Gasteiger partial charge on any atom is -0.490 e. The van der Waals surface area contributed by atoms with Crippen LogP contribution in [0.25, 0.3) is 10.9 Å². The van der Waals surface area contributed by atoms with Crippen molar-refractivity contribution in [2.75, 3.05) is 25.6 Å². The fourth-order valence-electron chi connectivity index (χ4n) is 4.33. The van der Waals surface area contributed by atoms with Gasteiger partial charge in [-0.3, -0.25) is 9.78 Å². The average Bonchev–Trinajstić information content (AvgIpc) is 2.74. The van der Waals surface area contributed by atoms with Crippen LogP contribution in [0.15, 0.2) is 24.3 Å². The number of carbonyl (C=O) groups excluding carboxylic acids is 1. The van der Waals surface area contributed by atoms with Crippen LogP contribution in [-0.4, -0.2) is 49.0 Å². The maximum absolute atomic E-state index is 12.2. The van der Waals surface area contributed by atoms with Crippen molar-refractivity contribution in [1.82, 2.24) is 10.3 Å².